The number of nitrogens with zero attached hydrogens (tertiary/aromatic N) is 2. The average molecular weight is 437 g/mol. The van der Waals surface area contributed by atoms with Gasteiger partial charge in [-0.2, -0.15) is 13.2 Å². The van der Waals surface area contributed by atoms with Crippen LogP contribution < -0.4 is 14.8 Å². The summed E-state index contributed by atoms with van der Waals surface area (Å²) < 4.78 is 48.7. The predicted octanol–water partition coefficient (Wildman–Crippen LogP) is 3.31. The van der Waals surface area contributed by atoms with Crippen LogP contribution in [0.5, 0.6) is 11.5 Å². The van der Waals surface area contributed by atoms with Crippen molar-refractivity contribution in [2.45, 2.75) is 31.5 Å². The van der Waals surface area contributed by atoms with Crippen molar-refractivity contribution in [1.29, 1.82) is 0 Å². The molecule has 1 fully saturated rings. The van der Waals surface area contributed by atoms with E-state index < -0.39 is 11.7 Å². The summed E-state index contributed by atoms with van der Waals surface area (Å²) in [6, 6.07) is 9.61. The molecule has 0 spiro atoms. The van der Waals surface area contributed by atoms with E-state index in [0.29, 0.717) is 36.7 Å². The summed E-state index contributed by atoms with van der Waals surface area (Å²) in [6.45, 7) is 2.13. The van der Waals surface area contributed by atoms with Crippen LogP contribution in [0.1, 0.15) is 24.1 Å². The third-order valence-corrected chi connectivity index (χ3v) is 5.13. The second kappa shape index (κ2) is 10.5. The molecule has 0 saturated carbocycles. The minimum Gasteiger partial charge on any atom is -0.493 e. The van der Waals surface area contributed by atoms with Gasteiger partial charge in [0.05, 0.1) is 12.7 Å². The van der Waals surface area contributed by atoms with Crippen LogP contribution in [0.4, 0.5) is 13.2 Å². The number of rotatable bonds is 8. The lowest BCUT2D eigenvalue weighted by atomic mass is 10.1. The smallest absolute Gasteiger partial charge is 0.417 e. The summed E-state index contributed by atoms with van der Waals surface area (Å²) in [5, 5.41) is 2.99. The molecule has 2 aromatic rings. The van der Waals surface area contributed by atoms with Crippen LogP contribution >= 0.6 is 0 Å². The van der Waals surface area contributed by atoms with Gasteiger partial charge in [-0.25, -0.2) is 0 Å². The molecule has 0 aliphatic carbocycles. The van der Waals surface area contributed by atoms with E-state index in [0.717, 1.165) is 31.6 Å². The van der Waals surface area contributed by atoms with Crippen molar-refractivity contribution in [3.05, 3.63) is 53.9 Å². The molecule has 1 aliphatic heterocycles. The molecule has 9 heteroatoms. The van der Waals surface area contributed by atoms with Crippen molar-refractivity contribution in [2.75, 3.05) is 33.4 Å². The van der Waals surface area contributed by atoms with Crippen LogP contribution in [0.2, 0.25) is 0 Å². The third-order valence-electron chi connectivity index (χ3n) is 5.13. The molecule has 0 radical (unpaired) electrons. The summed E-state index contributed by atoms with van der Waals surface area (Å²) >= 11 is 0. The van der Waals surface area contributed by atoms with Crippen molar-refractivity contribution in [3.8, 4) is 11.5 Å². The van der Waals surface area contributed by atoms with Crippen molar-refractivity contribution in [1.82, 2.24) is 15.2 Å². The first-order valence-corrected chi connectivity index (χ1v) is 10.1. The number of carbonyl (C=O) groups is 1. The van der Waals surface area contributed by atoms with Gasteiger partial charge in [-0.3, -0.25) is 9.78 Å². The van der Waals surface area contributed by atoms with E-state index in [2.05, 4.69) is 15.2 Å². The third kappa shape index (κ3) is 6.85. The van der Waals surface area contributed by atoms with E-state index in [1.54, 1.807) is 25.3 Å². The Hall–Kier alpha value is -2.81. The number of amides is 1. The fraction of sp³-hybridized carbons (Fsp3) is 0.455. The van der Waals surface area contributed by atoms with Crippen LogP contribution in [0.25, 0.3) is 0 Å². The van der Waals surface area contributed by atoms with E-state index in [9.17, 15) is 18.0 Å². The maximum absolute atomic E-state index is 12.6. The topological polar surface area (TPSA) is 63.7 Å². The van der Waals surface area contributed by atoms with Gasteiger partial charge in [-0.1, -0.05) is 12.1 Å². The van der Waals surface area contributed by atoms with E-state index >= 15 is 0 Å². The van der Waals surface area contributed by atoms with Crippen LogP contribution in [-0.4, -0.2) is 55.2 Å². The molecule has 1 aromatic carbocycles. The molecule has 1 unspecified atom stereocenters. The van der Waals surface area contributed by atoms with Gasteiger partial charge in [0.1, 0.15) is 0 Å². The summed E-state index contributed by atoms with van der Waals surface area (Å²) in [5.74, 6) is 0.868. The number of alkyl halides is 3. The quantitative estimate of drug-likeness (QED) is 0.687. The highest BCUT2D eigenvalue weighted by Crippen LogP contribution is 2.28. The molecular weight excluding hydrogens is 411 g/mol. The largest absolute Gasteiger partial charge is 0.493 e. The van der Waals surface area contributed by atoms with E-state index in [-0.39, 0.29) is 18.6 Å². The fourth-order valence-corrected chi connectivity index (χ4v) is 3.54. The molecule has 168 valence electrons. The minimum absolute atomic E-state index is 0.00286. The van der Waals surface area contributed by atoms with Gasteiger partial charge >= 0.3 is 6.18 Å². The molecule has 0 bridgehead atoms. The Bertz CT molecular complexity index is 859. The Morgan fingerprint density at radius 2 is 2.00 bits per heavy atom. The number of ether oxygens (including phenoxy) is 2. The lowest BCUT2D eigenvalue weighted by molar-refractivity contribution is -0.137. The molecule has 1 aliphatic rings. The molecule has 6 nitrogen and oxygen atoms in total. The minimum atomic E-state index is -4.38. The highest BCUT2D eigenvalue weighted by Gasteiger charge is 2.30. The molecule has 1 saturated heterocycles. The normalized spacial score (nSPS) is 17.2. The average Bonchev–Trinajstić information content (AvgIpc) is 2.76. The summed E-state index contributed by atoms with van der Waals surface area (Å²) in [5.41, 5.74) is -0.128. The van der Waals surface area contributed by atoms with E-state index in [1.807, 2.05) is 6.07 Å². The first-order valence-electron chi connectivity index (χ1n) is 10.1. The van der Waals surface area contributed by atoms with Crippen molar-refractivity contribution in [2.24, 2.45) is 0 Å². The second-order valence-corrected chi connectivity index (χ2v) is 7.43. The van der Waals surface area contributed by atoms with Crippen LogP contribution in [0, 0.1) is 0 Å². The van der Waals surface area contributed by atoms with Crippen LogP contribution in [0.3, 0.4) is 0 Å². The summed E-state index contributed by atoms with van der Waals surface area (Å²) in [4.78, 5) is 18.4. The number of carbonyl (C=O) groups excluding carboxylic acids is 1. The zero-order valence-corrected chi connectivity index (χ0v) is 17.3. The number of likely N-dealkylation sites (tertiary alicyclic amines) is 1. The van der Waals surface area contributed by atoms with Crippen molar-refractivity contribution >= 4 is 5.91 Å². The number of para-hydroxylation sites is 2. The number of pyridine rings is 1. The monoisotopic (exact) mass is 437 g/mol. The number of hydrogen-bond donors (Lipinski definition) is 1. The van der Waals surface area contributed by atoms with Gasteiger partial charge < -0.3 is 19.7 Å². The SMILES string of the molecule is COc1ccccc1OCC(=O)NC1CCCN(CCc2ccc(C(F)(F)F)cn2)C1. The molecule has 3 rings (SSSR count). The zero-order valence-electron chi connectivity index (χ0n) is 17.3. The highest BCUT2D eigenvalue weighted by molar-refractivity contribution is 5.78. The summed E-state index contributed by atoms with van der Waals surface area (Å²) in [6.07, 6.45) is -1.15. The van der Waals surface area contributed by atoms with Gasteiger partial charge in [0.25, 0.3) is 5.91 Å². The summed E-state index contributed by atoms with van der Waals surface area (Å²) in [7, 11) is 1.54. The number of hydrogen-bond acceptors (Lipinski definition) is 5. The van der Waals surface area contributed by atoms with Crippen molar-refractivity contribution < 1.29 is 27.4 Å². The number of piperidine rings is 1. The molecule has 1 amide bonds. The Balaban J connectivity index is 1.43. The number of methoxy groups -OCH3 is 1. The van der Waals surface area contributed by atoms with Gasteiger partial charge in [-0.05, 0) is 43.7 Å². The standard InChI is InChI=1S/C22H26F3N3O3/c1-30-19-6-2-3-7-20(19)31-15-21(29)27-18-5-4-11-28(14-18)12-10-17-9-8-16(13-26-17)22(23,24)25/h2-3,6-9,13,18H,4-5,10-12,14-15H2,1H3,(H,27,29). The van der Waals surface area contributed by atoms with Crippen molar-refractivity contribution in [3.63, 3.8) is 0 Å². The number of nitrogens with one attached hydrogen (secondary N) is 1. The molecule has 1 aromatic heterocycles. The Morgan fingerprint density at radius 1 is 1.23 bits per heavy atom. The maximum atomic E-state index is 12.6. The Labute approximate surface area is 179 Å². The molecule has 31 heavy (non-hydrogen) atoms. The van der Waals surface area contributed by atoms with Crippen LogP contribution in [0.15, 0.2) is 42.6 Å². The molecule has 1 atom stereocenters. The molecule has 1 N–H and O–H groups in total. The first-order chi connectivity index (χ1) is 14.8. The lowest BCUT2D eigenvalue weighted by Gasteiger charge is -2.33. The van der Waals surface area contributed by atoms with Gasteiger partial charge in [0.2, 0.25) is 0 Å². The lowest BCUT2D eigenvalue weighted by Crippen LogP contribution is -2.49. The Morgan fingerprint density at radius 3 is 2.68 bits per heavy atom. The zero-order chi connectivity index (χ0) is 22.3. The van der Waals surface area contributed by atoms with Gasteiger partial charge in [0, 0.05) is 37.4 Å². The van der Waals surface area contributed by atoms with E-state index in [1.165, 1.54) is 6.07 Å². The fourth-order valence-electron chi connectivity index (χ4n) is 3.54. The molecule has 2 heterocycles. The van der Waals surface area contributed by atoms with Gasteiger partial charge in [-0.15, -0.1) is 0 Å². The van der Waals surface area contributed by atoms with E-state index in [4.69, 9.17) is 9.47 Å². The highest BCUT2D eigenvalue weighted by atomic mass is 19.4. The van der Waals surface area contributed by atoms with Crippen LogP contribution in [-0.2, 0) is 17.4 Å². The molecular formula is C22H26F3N3O3. The number of aromatic nitrogens is 1. The second-order valence-electron chi connectivity index (χ2n) is 7.43. The first kappa shape index (κ1) is 22.9. The predicted molar refractivity (Wildman–Crippen MR) is 109 cm³/mol. The maximum Gasteiger partial charge on any atom is 0.417 e. The van der Waals surface area contributed by atoms with Gasteiger partial charge in [0.15, 0.2) is 18.1 Å². The number of benzene rings is 1. The Kier molecular flexibility index (Phi) is 7.73. The number of halogens is 3.